The van der Waals surface area contributed by atoms with E-state index in [9.17, 15) is 18.0 Å². The molecule has 0 aromatic rings. The number of esters is 2. The lowest BCUT2D eigenvalue weighted by Crippen LogP contribution is -2.35. The van der Waals surface area contributed by atoms with Crippen LogP contribution in [0.25, 0.3) is 0 Å². The normalized spacial score (nSPS) is 34.4. The zero-order chi connectivity index (χ0) is 15.4. The van der Waals surface area contributed by atoms with Crippen molar-refractivity contribution >= 4 is 22.1 Å². The van der Waals surface area contributed by atoms with Gasteiger partial charge in [0.1, 0.15) is 12.2 Å². The lowest BCUT2D eigenvalue weighted by molar-refractivity contribution is -0.164. The Balaban J connectivity index is 1.61. The monoisotopic (exact) mass is 314 g/mol. The van der Waals surface area contributed by atoms with Crippen LogP contribution in [0, 0.1) is 11.8 Å². The number of rotatable bonds is 4. The summed E-state index contributed by atoms with van der Waals surface area (Å²) in [7, 11) is -3.66. The molecule has 0 spiro atoms. The quantitative estimate of drug-likeness (QED) is 0.418. The molecule has 0 aromatic carbocycles. The maximum absolute atomic E-state index is 11.7. The van der Waals surface area contributed by atoms with Crippen LogP contribution in [0.2, 0.25) is 0 Å². The molecule has 3 aliphatic rings. The number of carbonyl (C=O) groups excluding carboxylic acids is 2. The zero-order valence-corrected chi connectivity index (χ0v) is 12.1. The smallest absolute Gasteiger partial charge is 0.344 e. The van der Waals surface area contributed by atoms with E-state index in [2.05, 4.69) is 11.3 Å². The maximum atomic E-state index is 11.7. The van der Waals surface area contributed by atoms with Crippen molar-refractivity contribution in [3.05, 3.63) is 23.1 Å². The van der Waals surface area contributed by atoms with E-state index in [-0.39, 0.29) is 17.4 Å². The third kappa shape index (κ3) is 2.28. The first-order valence-corrected chi connectivity index (χ1v) is 7.87. The van der Waals surface area contributed by atoms with Gasteiger partial charge >= 0.3 is 11.9 Å². The van der Waals surface area contributed by atoms with Crippen LogP contribution in [0.4, 0.5) is 0 Å². The molecule has 1 saturated carbocycles. The highest BCUT2D eigenvalue weighted by molar-refractivity contribution is 7.91. The second-order valence-corrected chi connectivity index (χ2v) is 6.97. The van der Waals surface area contributed by atoms with E-state index in [4.69, 9.17) is 8.92 Å². The van der Waals surface area contributed by atoms with Crippen molar-refractivity contribution in [1.29, 1.82) is 0 Å². The highest BCUT2D eigenvalue weighted by Gasteiger charge is 2.60. The minimum absolute atomic E-state index is 0.159. The second-order valence-electron chi connectivity index (χ2n) is 5.40. The summed E-state index contributed by atoms with van der Waals surface area (Å²) in [6, 6.07) is 0. The maximum Gasteiger partial charge on any atom is 0.344 e. The van der Waals surface area contributed by atoms with Gasteiger partial charge in [-0.25, -0.2) is 9.59 Å². The summed E-state index contributed by atoms with van der Waals surface area (Å²) >= 11 is 0. The Morgan fingerprint density at radius 2 is 2.19 bits per heavy atom. The van der Waals surface area contributed by atoms with Crippen molar-refractivity contribution in [3.63, 3.8) is 0 Å². The lowest BCUT2D eigenvalue weighted by Gasteiger charge is -2.22. The summed E-state index contributed by atoms with van der Waals surface area (Å²) in [5.74, 6) is -1.80. The largest absolute Gasteiger partial charge is 0.456 e. The van der Waals surface area contributed by atoms with Crippen molar-refractivity contribution in [3.8, 4) is 0 Å². The van der Waals surface area contributed by atoms with Gasteiger partial charge in [0, 0.05) is 17.4 Å². The second kappa shape index (κ2) is 4.67. The summed E-state index contributed by atoms with van der Waals surface area (Å²) in [5, 5.41) is 0. The number of ether oxygens (including phenoxy) is 2. The zero-order valence-electron chi connectivity index (χ0n) is 11.3. The molecule has 0 N–H and O–H groups in total. The van der Waals surface area contributed by atoms with E-state index in [1.54, 1.807) is 6.08 Å². The fraction of sp³-hybridized carbons (Fsp3) is 0.538. The van der Waals surface area contributed by atoms with Crippen LogP contribution in [0.1, 0.15) is 13.3 Å². The van der Waals surface area contributed by atoms with Gasteiger partial charge in [0.2, 0.25) is 0 Å². The minimum Gasteiger partial charge on any atom is -0.456 e. The Kier molecular flexibility index (Phi) is 3.18. The third-order valence-electron chi connectivity index (χ3n) is 3.88. The Labute approximate surface area is 121 Å². The molecule has 2 fully saturated rings. The highest BCUT2D eigenvalue weighted by atomic mass is 32.2. The SMILES string of the molecule is C=C(C)C(=O)OCC(=O)OC1C2C=C3C(C2)C1OS3(=O)=O. The van der Waals surface area contributed by atoms with Crippen molar-refractivity contribution < 1.29 is 31.7 Å². The first kappa shape index (κ1) is 14.3. The molecule has 7 nitrogen and oxygen atoms in total. The van der Waals surface area contributed by atoms with Gasteiger partial charge in [-0.15, -0.1) is 0 Å². The Bertz CT molecular complexity index is 660. The highest BCUT2D eigenvalue weighted by Crippen LogP contribution is 2.54. The average Bonchev–Trinajstić information content (AvgIpc) is 2.99. The van der Waals surface area contributed by atoms with Gasteiger partial charge in [0.25, 0.3) is 10.1 Å². The first-order valence-electron chi connectivity index (χ1n) is 6.46. The predicted molar refractivity (Wildman–Crippen MR) is 69.1 cm³/mol. The third-order valence-corrected chi connectivity index (χ3v) is 5.37. The molecule has 2 bridgehead atoms. The molecule has 4 unspecified atom stereocenters. The van der Waals surface area contributed by atoms with Gasteiger partial charge in [-0.1, -0.05) is 12.7 Å². The standard InChI is InChI=1S/C13H14O7S/c1-6(2)13(15)18-5-10(14)19-11-7-3-8-9(4-7)21(16,17)20-12(8)11/h4,7-8,11-12H,1,3,5H2,2H3. The molecule has 1 heterocycles. The molecule has 0 radical (unpaired) electrons. The molecule has 2 aliphatic carbocycles. The molecule has 1 aliphatic heterocycles. The van der Waals surface area contributed by atoms with E-state index < -0.39 is 40.9 Å². The van der Waals surface area contributed by atoms with Gasteiger partial charge in [-0.3, -0.25) is 4.18 Å². The summed E-state index contributed by atoms with van der Waals surface area (Å²) in [6.45, 7) is 4.33. The van der Waals surface area contributed by atoms with Crippen LogP contribution in [0.5, 0.6) is 0 Å². The van der Waals surface area contributed by atoms with E-state index in [0.29, 0.717) is 11.3 Å². The fourth-order valence-corrected chi connectivity index (χ4v) is 4.58. The lowest BCUT2D eigenvalue weighted by atomic mass is 10.0. The number of hydrogen-bond donors (Lipinski definition) is 0. The molecule has 114 valence electrons. The first-order chi connectivity index (χ1) is 9.79. The summed E-state index contributed by atoms with van der Waals surface area (Å²) < 4.78 is 38.3. The van der Waals surface area contributed by atoms with Gasteiger partial charge in [0.15, 0.2) is 6.61 Å². The molecule has 1 saturated heterocycles. The predicted octanol–water partition coefficient (Wildman–Crippen LogP) is 0.280. The average molecular weight is 314 g/mol. The van der Waals surface area contributed by atoms with Gasteiger partial charge in [-0.2, -0.15) is 8.42 Å². The van der Waals surface area contributed by atoms with Crippen molar-refractivity contribution in [1.82, 2.24) is 0 Å². The van der Waals surface area contributed by atoms with Crippen LogP contribution < -0.4 is 0 Å². The molecule has 8 heteroatoms. The van der Waals surface area contributed by atoms with E-state index in [1.165, 1.54) is 6.92 Å². The van der Waals surface area contributed by atoms with Crippen LogP contribution in [-0.2, 0) is 33.4 Å². The summed E-state index contributed by atoms with van der Waals surface area (Å²) in [4.78, 5) is 23.2. The van der Waals surface area contributed by atoms with Crippen molar-refractivity contribution in [2.45, 2.75) is 25.6 Å². The molecule has 0 amide bonds. The van der Waals surface area contributed by atoms with Crippen LogP contribution >= 0.6 is 0 Å². The van der Waals surface area contributed by atoms with Crippen molar-refractivity contribution in [2.24, 2.45) is 11.8 Å². The fourth-order valence-electron chi connectivity index (χ4n) is 2.99. The molecular weight excluding hydrogens is 300 g/mol. The van der Waals surface area contributed by atoms with Gasteiger partial charge < -0.3 is 9.47 Å². The molecule has 0 aromatic heterocycles. The van der Waals surface area contributed by atoms with Crippen LogP contribution in [0.15, 0.2) is 23.1 Å². The topological polar surface area (TPSA) is 96.0 Å². The minimum atomic E-state index is -3.66. The van der Waals surface area contributed by atoms with E-state index >= 15 is 0 Å². The molecule has 4 atom stereocenters. The summed E-state index contributed by atoms with van der Waals surface area (Å²) in [6.07, 6.45) is 0.900. The molecule has 21 heavy (non-hydrogen) atoms. The molecular formula is C13H14O7S. The van der Waals surface area contributed by atoms with E-state index in [1.807, 2.05) is 0 Å². The number of carbonyl (C=O) groups is 2. The Morgan fingerprint density at radius 3 is 2.86 bits per heavy atom. The Morgan fingerprint density at radius 1 is 1.48 bits per heavy atom. The van der Waals surface area contributed by atoms with Crippen LogP contribution in [0.3, 0.4) is 0 Å². The van der Waals surface area contributed by atoms with E-state index in [0.717, 1.165) is 0 Å². The number of fused-ring (bicyclic) bond motifs is 1. The molecule has 3 rings (SSSR count). The Hall–Kier alpha value is -1.67. The van der Waals surface area contributed by atoms with Gasteiger partial charge in [0.05, 0.1) is 4.91 Å². The summed E-state index contributed by atoms with van der Waals surface area (Å²) in [5.41, 5.74) is 0.181. The van der Waals surface area contributed by atoms with Gasteiger partial charge in [-0.05, 0) is 13.3 Å². The number of hydrogen-bond acceptors (Lipinski definition) is 7. The van der Waals surface area contributed by atoms with Crippen LogP contribution in [-0.4, -0.2) is 39.2 Å². The van der Waals surface area contributed by atoms with Crippen molar-refractivity contribution in [2.75, 3.05) is 6.61 Å².